The molecular weight excluding hydrogens is 264 g/mol. The van der Waals surface area contributed by atoms with E-state index in [0.717, 1.165) is 35.9 Å². The fourth-order valence-electron chi connectivity index (χ4n) is 3.04. The fourth-order valence-corrected chi connectivity index (χ4v) is 3.04. The number of nitrogens with two attached hydrogens (primary N) is 1. The number of hydrogen-bond donors (Lipinski definition) is 2. The number of nitrogens with one attached hydrogen (secondary N) is 1. The van der Waals surface area contributed by atoms with Crippen molar-refractivity contribution in [2.75, 3.05) is 40.8 Å². The van der Waals surface area contributed by atoms with Gasteiger partial charge >= 0.3 is 0 Å². The van der Waals surface area contributed by atoms with Crippen molar-refractivity contribution >= 4 is 5.84 Å². The molecule has 3 N–H and O–H groups in total. The van der Waals surface area contributed by atoms with Crippen molar-refractivity contribution in [1.82, 2.24) is 9.80 Å². The third-order valence-corrected chi connectivity index (χ3v) is 4.09. The first-order valence-electron chi connectivity index (χ1n) is 7.38. The van der Waals surface area contributed by atoms with Gasteiger partial charge in [0.2, 0.25) is 0 Å². The second kappa shape index (κ2) is 6.91. The summed E-state index contributed by atoms with van der Waals surface area (Å²) in [6.07, 6.45) is 1.27. The summed E-state index contributed by atoms with van der Waals surface area (Å²) in [7, 11) is 6.00. The molecule has 1 saturated heterocycles. The molecule has 1 aromatic rings. The number of benzene rings is 1. The highest BCUT2D eigenvalue weighted by molar-refractivity contribution is 5.95. The maximum Gasteiger partial charge on any atom is 0.123 e. The number of likely N-dealkylation sites (tertiary alicyclic amines) is 1. The topological polar surface area (TPSA) is 65.6 Å². The first-order chi connectivity index (χ1) is 9.99. The molecule has 0 bridgehead atoms. The molecular formula is C16H26N4O. The molecule has 0 radical (unpaired) electrons. The van der Waals surface area contributed by atoms with Crippen molar-refractivity contribution in [3.05, 3.63) is 29.3 Å². The van der Waals surface area contributed by atoms with E-state index < -0.39 is 0 Å². The van der Waals surface area contributed by atoms with E-state index in [1.807, 2.05) is 18.2 Å². The third-order valence-electron chi connectivity index (χ3n) is 4.09. The Morgan fingerprint density at radius 2 is 2.29 bits per heavy atom. The number of nitrogen functional groups attached to an aromatic ring is 1. The van der Waals surface area contributed by atoms with Crippen molar-refractivity contribution < 1.29 is 4.74 Å². The van der Waals surface area contributed by atoms with E-state index in [1.54, 1.807) is 7.11 Å². The SMILES string of the molecule is COc1ccc(C(=N)N)cc1CN(C)CC1CCN(C)C1. The molecule has 1 aliphatic rings. The second-order valence-electron chi connectivity index (χ2n) is 6.05. The van der Waals surface area contributed by atoms with Crippen LogP contribution in [0.15, 0.2) is 18.2 Å². The van der Waals surface area contributed by atoms with Gasteiger partial charge in [0.25, 0.3) is 0 Å². The molecule has 1 atom stereocenters. The van der Waals surface area contributed by atoms with E-state index in [4.69, 9.17) is 15.9 Å². The molecule has 0 saturated carbocycles. The molecule has 5 nitrogen and oxygen atoms in total. The maximum atomic E-state index is 7.56. The zero-order valence-corrected chi connectivity index (χ0v) is 13.2. The van der Waals surface area contributed by atoms with Crippen LogP contribution in [0.1, 0.15) is 17.5 Å². The molecule has 116 valence electrons. The quantitative estimate of drug-likeness (QED) is 0.613. The predicted molar refractivity (Wildman–Crippen MR) is 85.9 cm³/mol. The summed E-state index contributed by atoms with van der Waals surface area (Å²) in [6.45, 7) is 4.26. The van der Waals surface area contributed by atoms with E-state index in [1.165, 1.54) is 19.5 Å². The highest BCUT2D eigenvalue weighted by atomic mass is 16.5. The van der Waals surface area contributed by atoms with Crippen LogP contribution >= 0.6 is 0 Å². The molecule has 0 aromatic heterocycles. The number of methoxy groups -OCH3 is 1. The number of hydrogen-bond acceptors (Lipinski definition) is 4. The average molecular weight is 290 g/mol. The summed E-state index contributed by atoms with van der Waals surface area (Å²) < 4.78 is 5.42. The summed E-state index contributed by atoms with van der Waals surface area (Å²) in [5.74, 6) is 1.69. The normalized spacial score (nSPS) is 19.1. The largest absolute Gasteiger partial charge is 0.496 e. The Kier molecular flexibility index (Phi) is 5.20. The minimum atomic E-state index is 0.0963. The molecule has 1 aliphatic heterocycles. The Hall–Kier alpha value is -1.59. The average Bonchev–Trinajstić information content (AvgIpc) is 2.83. The van der Waals surface area contributed by atoms with Crippen LogP contribution in [-0.4, -0.2) is 56.5 Å². The molecule has 0 aliphatic carbocycles. The summed E-state index contributed by atoms with van der Waals surface area (Å²) in [4.78, 5) is 4.71. The number of ether oxygens (including phenoxy) is 1. The van der Waals surface area contributed by atoms with Crippen molar-refractivity contribution in [1.29, 1.82) is 5.41 Å². The van der Waals surface area contributed by atoms with E-state index >= 15 is 0 Å². The zero-order valence-electron chi connectivity index (χ0n) is 13.2. The van der Waals surface area contributed by atoms with Gasteiger partial charge in [-0.1, -0.05) is 0 Å². The lowest BCUT2D eigenvalue weighted by molar-refractivity contribution is 0.263. The van der Waals surface area contributed by atoms with Gasteiger partial charge in [-0.15, -0.1) is 0 Å². The Morgan fingerprint density at radius 3 is 2.86 bits per heavy atom. The van der Waals surface area contributed by atoms with Crippen molar-refractivity contribution in [2.45, 2.75) is 13.0 Å². The smallest absolute Gasteiger partial charge is 0.123 e. The van der Waals surface area contributed by atoms with Gasteiger partial charge in [-0.05, 0) is 51.2 Å². The maximum absolute atomic E-state index is 7.56. The monoisotopic (exact) mass is 290 g/mol. The van der Waals surface area contributed by atoms with Gasteiger partial charge in [0.05, 0.1) is 7.11 Å². The first-order valence-corrected chi connectivity index (χ1v) is 7.38. The predicted octanol–water partition coefficient (Wildman–Crippen LogP) is 1.36. The minimum absolute atomic E-state index is 0.0963. The first kappa shape index (κ1) is 15.8. The molecule has 0 spiro atoms. The molecule has 21 heavy (non-hydrogen) atoms. The van der Waals surface area contributed by atoms with Crippen LogP contribution in [-0.2, 0) is 6.54 Å². The highest BCUT2D eigenvalue weighted by Gasteiger charge is 2.21. The molecule has 0 amide bonds. The van der Waals surface area contributed by atoms with Gasteiger partial charge in [0.15, 0.2) is 0 Å². The number of rotatable bonds is 6. The molecule has 1 heterocycles. The van der Waals surface area contributed by atoms with Crippen molar-refractivity contribution in [3.8, 4) is 5.75 Å². The molecule has 1 aromatic carbocycles. The highest BCUT2D eigenvalue weighted by Crippen LogP contribution is 2.22. The van der Waals surface area contributed by atoms with Gasteiger partial charge in [0.1, 0.15) is 11.6 Å². The van der Waals surface area contributed by atoms with E-state index in [-0.39, 0.29) is 5.84 Å². The molecule has 1 unspecified atom stereocenters. The summed E-state index contributed by atoms with van der Waals surface area (Å²) in [6, 6.07) is 5.68. The van der Waals surface area contributed by atoms with Crippen LogP contribution in [0.5, 0.6) is 5.75 Å². The Morgan fingerprint density at radius 1 is 1.52 bits per heavy atom. The van der Waals surface area contributed by atoms with Gasteiger partial charge in [-0.2, -0.15) is 0 Å². The van der Waals surface area contributed by atoms with Gasteiger partial charge in [-0.3, -0.25) is 5.41 Å². The lowest BCUT2D eigenvalue weighted by Gasteiger charge is -2.22. The zero-order chi connectivity index (χ0) is 15.4. The standard InChI is InChI=1S/C16H26N4O/c1-19-7-6-12(9-19)10-20(2)11-14-8-13(16(17)18)4-5-15(14)21-3/h4-5,8,12H,6-7,9-11H2,1-3H3,(H3,17,18). The molecule has 1 fully saturated rings. The summed E-state index contributed by atoms with van der Waals surface area (Å²) >= 11 is 0. The van der Waals surface area contributed by atoms with Crippen LogP contribution in [0, 0.1) is 11.3 Å². The van der Waals surface area contributed by atoms with Gasteiger partial charge in [-0.25, -0.2) is 0 Å². The van der Waals surface area contributed by atoms with Crippen LogP contribution in [0.3, 0.4) is 0 Å². The lowest BCUT2D eigenvalue weighted by Crippen LogP contribution is -2.27. The number of amidine groups is 1. The van der Waals surface area contributed by atoms with Crippen molar-refractivity contribution in [2.24, 2.45) is 11.7 Å². The van der Waals surface area contributed by atoms with E-state index in [2.05, 4.69) is 23.9 Å². The molecule has 5 heteroatoms. The second-order valence-corrected chi connectivity index (χ2v) is 6.05. The third kappa shape index (κ3) is 4.19. The molecule has 2 rings (SSSR count). The summed E-state index contributed by atoms with van der Waals surface area (Å²) in [5.41, 5.74) is 7.41. The van der Waals surface area contributed by atoms with Crippen LogP contribution in [0.2, 0.25) is 0 Å². The van der Waals surface area contributed by atoms with Gasteiger partial charge < -0.3 is 20.3 Å². The van der Waals surface area contributed by atoms with E-state index in [9.17, 15) is 0 Å². The Bertz CT molecular complexity index is 503. The Balaban J connectivity index is 2.03. The van der Waals surface area contributed by atoms with Crippen molar-refractivity contribution in [3.63, 3.8) is 0 Å². The number of nitrogens with zero attached hydrogens (tertiary/aromatic N) is 2. The van der Waals surface area contributed by atoms with Crippen LogP contribution < -0.4 is 10.5 Å². The van der Waals surface area contributed by atoms with Crippen LogP contribution in [0.25, 0.3) is 0 Å². The van der Waals surface area contributed by atoms with E-state index in [0.29, 0.717) is 0 Å². The Labute approximate surface area is 127 Å². The van der Waals surface area contributed by atoms with Crippen LogP contribution in [0.4, 0.5) is 0 Å². The minimum Gasteiger partial charge on any atom is -0.496 e. The van der Waals surface area contributed by atoms with Gasteiger partial charge in [0, 0.05) is 30.8 Å². The lowest BCUT2D eigenvalue weighted by atomic mass is 10.1. The fraction of sp³-hybridized carbons (Fsp3) is 0.562. The summed E-state index contributed by atoms with van der Waals surface area (Å²) in [5, 5.41) is 7.56.